The van der Waals surface area contributed by atoms with Gasteiger partial charge in [-0.3, -0.25) is 9.52 Å². The zero-order valence-corrected chi connectivity index (χ0v) is 13.1. The van der Waals surface area contributed by atoms with E-state index in [2.05, 4.69) is 4.72 Å². The first kappa shape index (κ1) is 16.5. The van der Waals surface area contributed by atoms with Gasteiger partial charge in [0.2, 0.25) is 10.0 Å². The number of nitriles is 1. The summed E-state index contributed by atoms with van der Waals surface area (Å²) in [6.07, 6.45) is 1.05. The lowest BCUT2D eigenvalue weighted by molar-refractivity contribution is 0.0921. The van der Waals surface area contributed by atoms with Crippen molar-refractivity contribution in [2.75, 3.05) is 17.6 Å². The number of nitrogens with one attached hydrogen (secondary N) is 1. The zero-order valence-electron chi connectivity index (χ0n) is 12.3. The molecule has 118 valence electrons. The quantitative estimate of drug-likeness (QED) is 0.819. The third kappa shape index (κ3) is 5.13. The second-order valence-electron chi connectivity index (χ2n) is 4.80. The lowest BCUT2D eigenvalue weighted by Crippen LogP contribution is -2.12. The molecular weight excluding hydrogens is 316 g/mol. The van der Waals surface area contributed by atoms with Gasteiger partial charge in [-0.2, -0.15) is 5.26 Å². The molecule has 0 aromatic heterocycles. The SMILES string of the molecule is CS(=O)(=O)Nc1ccc(C(=O)COc2ccc(C#N)cc2)cc1. The van der Waals surface area contributed by atoms with Crippen LogP contribution in [0, 0.1) is 11.3 Å². The Labute approximate surface area is 134 Å². The fourth-order valence-corrected chi connectivity index (χ4v) is 2.36. The molecule has 0 aliphatic rings. The van der Waals surface area contributed by atoms with Crippen LogP contribution >= 0.6 is 0 Å². The third-order valence-electron chi connectivity index (χ3n) is 2.86. The van der Waals surface area contributed by atoms with Crippen LogP contribution in [0.2, 0.25) is 0 Å². The molecule has 0 amide bonds. The van der Waals surface area contributed by atoms with Crippen molar-refractivity contribution in [2.45, 2.75) is 0 Å². The van der Waals surface area contributed by atoms with Crippen LogP contribution in [0.25, 0.3) is 0 Å². The van der Waals surface area contributed by atoms with Crippen LogP contribution in [0.5, 0.6) is 5.75 Å². The minimum absolute atomic E-state index is 0.148. The van der Waals surface area contributed by atoms with Gasteiger partial charge in [-0.05, 0) is 48.5 Å². The van der Waals surface area contributed by atoms with Crippen molar-refractivity contribution in [3.63, 3.8) is 0 Å². The highest BCUT2D eigenvalue weighted by Gasteiger charge is 2.08. The molecule has 0 bridgehead atoms. The van der Waals surface area contributed by atoms with E-state index in [1.807, 2.05) is 6.07 Å². The first-order valence-electron chi connectivity index (χ1n) is 6.61. The number of Topliss-reactive ketones (excluding diaryl/α,β-unsaturated/α-hetero) is 1. The summed E-state index contributed by atoms with van der Waals surface area (Å²) in [6, 6.07) is 14.5. The summed E-state index contributed by atoms with van der Waals surface area (Å²) in [7, 11) is -3.34. The van der Waals surface area contributed by atoms with Gasteiger partial charge in [-0.1, -0.05) is 0 Å². The standard InChI is InChI=1S/C16H14N2O4S/c1-23(20,21)18-14-6-4-13(5-7-14)16(19)11-22-15-8-2-12(10-17)3-9-15/h2-9,18H,11H2,1H3. The van der Waals surface area contributed by atoms with Gasteiger partial charge < -0.3 is 4.74 Å². The van der Waals surface area contributed by atoms with Gasteiger partial charge in [0.05, 0.1) is 17.9 Å². The fraction of sp³-hybridized carbons (Fsp3) is 0.125. The molecular formula is C16H14N2O4S. The smallest absolute Gasteiger partial charge is 0.229 e. The number of benzene rings is 2. The van der Waals surface area contributed by atoms with E-state index in [4.69, 9.17) is 10.00 Å². The first-order chi connectivity index (χ1) is 10.9. The number of sulfonamides is 1. The molecule has 2 aromatic rings. The van der Waals surface area contributed by atoms with Gasteiger partial charge in [-0.15, -0.1) is 0 Å². The molecule has 0 aliphatic carbocycles. The van der Waals surface area contributed by atoms with Crippen molar-refractivity contribution in [3.8, 4) is 11.8 Å². The summed E-state index contributed by atoms with van der Waals surface area (Å²) in [5, 5.41) is 8.70. The van der Waals surface area contributed by atoms with Crippen LogP contribution in [0.3, 0.4) is 0 Å². The topological polar surface area (TPSA) is 96.3 Å². The van der Waals surface area contributed by atoms with Crippen molar-refractivity contribution in [2.24, 2.45) is 0 Å². The average Bonchev–Trinajstić information content (AvgIpc) is 2.52. The Balaban J connectivity index is 1.96. The third-order valence-corrected chi connectivity index (χ3v) is 3.47. The summed E-state index contributed by atoms with van der Waals surface area (Å²) >= 11 is 0. The number of ether oxygens (including phenoxy) is 1. The van der Waals surface area contributed by atoms with Gasteiger partial charge >= 0.3 is 0 Å². The van der Waals surface area contributed by atoms with Crippen molar-refractivity contribution in [1.82, 2.24) is 0 Å². The lowest BCUT2D eigenvalue weighted by atomic mass is 10.1. The van der Waals surface area contributed by atoms with Gasteiger partial charge in [0, 0.05) is 11.3 Å². The highest BCUT2D eigenvalue weighted by atomic mass is 32.2. The maximum absolute atomic E-state index is 12.0. The van der Waals surface area contributed by atoms with Crippen LogP contribution in [0.1, 0.15) is 15.9 Å². The molecule has 7 heteroatoms. The Kier molecular flexibility index (Phi) is 4.98. The molecule has 0 fully saturated rings. The van der Waals surface area contributed by atoms with E-state index in [9.17, 15) is 13.2 Å². The molecule has 2 aromatic carbocycles. The van der Waals surface area contributed by atoms with E-state index in [0.29, 0.717) is 22.6 Å². The summed E-state index contributed by atoms with van der Waals surface area (Å²) in [4.78, 5) is 12.0. The van der Waals surface area contributed by atoms with E-state index in [0.717, 1.165) is 6.26 Å². The van der Waals surface area contributed by atoms with E-state index in [1.54, 1.807) is 24.3 Å². The highest BCUT2D eigenvalue weighted by molar-refractivity contribution is 7.92. The van der Waals surface area contributed by atoms with Gasteiger partial charge in [0.25, 0.3) is 0 Å². The van der Waals surface area contributed by atoms with Crippen LogP contribution in [0.4, 0.5) is 5.69 Å². The normalized spacial score (nSPS) is 10.6. The van der Waals surface area contributed by atoms with Crippen LogP contribution < -0.4 is 9.46 Å². The van der Waals surface area contributed by atoms with Gasteiger partial charge in [-0.25, -0.2) is 8.42 Å². The Morgan fingerprint density at radius 1 is 1.13 bits per heavy atom. The summed E-state index contributed by atoms with van der Waals surface area (Å²) in [6.45, 7) is -0.148. The maximum Gasteiger partial charge on any atom is 0.229 e. The van der Waals surface area contributed by atoms with Crippen LogP contribution in [0.15, 0.2) is 48.5 Å². The molecule has 1 N–H and O–H groups in total. The maximum atomic E-state index is 12.0. The van der Waals surface area contributed by atoms with Crippen molar-refractivity contribution in [1.29, 1.82) is 5.26 Å². The molecule has 0 heterocycles. The molecule has 0 saturated heterocycles. The number of hydrogen-bond acceptors (Lipinski definition) is 5. The summed E-state index contributed by atoms with van der Waals surface area (Å²) in [5.74, 6) is 0.257. The molecule has 0 aliphatic heterocycles. The van der Waals surface area contributed by atoms with E-state index >= 15 is 0 Å². The summed E-state index contributed by atoms with van der Waals surface area (Å²) < 4.78 is 29.9. The lowest BCUT2D eigenvalue weighted by Gasteiger charge is -2.07. The summed E-state index contributed by atoms with van der Waals surface area (Å²) in [5.41, 5.74) is 1.31. The molecule has 6 nitrogen and oxygen atoms in total. The molecule has 0 spiro atoms. The highest BCUT2D eigenvalue weighted by Crippen LogP contribution is 2.14. The van der Waals surface area contributed by atoms with Crippen molar-refractivity contribution >= 4 is 21.5 Å². The predicted molar refractivity (Wildman–Crippen MR) is 85.9 cm³/mol. The monoisotopic (exact) mass is 330 g/mol. The van der Waals surface area contributed by atoms with Crippen molar-refractivity contribution < 1.29 is 17.9 Å². The largest absolute Gasteiger partial charge is 0.485 e. The Bertz CT molecular complexity index is 835. The van der Waals surface area contributed by atoms with Gasteiger partial charge in [0.15, 0.2) is 12.4 Å². The molecule has 0 radical (unpaired) electrons. The Morgan fingerprint density at radius 3 is 2.26 bits per heavy atom. The minimum atomic E-state index is -3.34. The number of rotatable bonds is 6. The Morgan fingerprint density at radius 2 is 1.74 bits per heavy atom. The number of hydrogen-bond donors (Lipinski definition) is 1. The fourth-order valence-electron chi connectivity index (χ4n) is 1.80. The zero-order chi connectivity index (χ0) is 16.9. The minimum Gasteiger partial charge on any atom is -0.485 e. The second kappa shape index (κ2) is 6.94. The number of carbonyl (C=O) groups is 1. The second-order valence-corrected chi connectivity index (χ2v) is 6.55. The van der Waals surface area contributed by atoms with Crippen molar-refractivity contribution in [3.05, 3.63) is 59.7 Å². The Hall–Kier alpha value is -2.85. The number of nitrogens with zero attached hydrogens (tertiary/aromatic N) is 1. The molecule has 0 unspecified atom stereocenters. The molecule has 2 rings (SSSR count). The number of carbonyl (C=O) groups excluding carboxylic acids is 1. The number of ketones is 1. The van der Waals surface area contributed by atoms with E-state index < -0.39 is 10.0 Å². The molecule has 0 saturated carbocycles. The van der Waals surface area contributed by atoms with Gasteiger partial charge in [0.1, 0.15) is 5.75 Å². The van der Waals surface area contributed by atoms with E-state index in [-0.39, 0.29) is 12.4 Å². The van der Waals surface area contributed by atoms with E-state index in [1.165, 1.54) is 24.3 Å². The molecule has 23 heavy (non-hydrogen) atoms. The average molecular weight is 330 g/mol. The first-order valence-corrected chi connectivity index (χ1v) is 8.50. The predicted octanol–water partition coefficient (Wildman–Crippen LogP) is 2.19. The molecule has 0 atom stereocenters. The van der Waals surface area contributed by atoms with Crippen LogP contribution in [-0.2, 0) is 10.0 Å². The number of anilines is 1. The van der Waals surface area contributed by atoms with Crippen LogP contribution in [-0.4, -0.2) is 27.1 Å².